The molecule has 2 saturated heterocycles. The van der Waals surface area contributed by atoms with E-state index in [0.29, 0.717) is 18.6 Å². The highest BCUT2D eigenvalue weighted by atomic mass is 16.5. The van der Waals surface area contributed by atoms with Crippen LogP contribution in [-0.2, 0) is 16.0 Å². The van der Waals surface area contributed by atoms with E-state index in [1.807, 2.05) is 18.2 Å². The molecule has 1 aromatic carbocycles. The van der Waals surface area contributed by atoms with Crippen molar-refractivity contribution >= 4 is 5.91 Å². The first-order chi connectivity index (χ1) is 10.2. The van der Waals surface area contributed by atoms with Gasteiger partial charge in [-0.25, -0.2) is 0 Å². The predicted octanol–water partition coefficient (Wildman–Crippen LogP) is 1.60. The third kappa shape index (κ3) is 3.83. The quantitative estimate of drug-likeness (QED) is 0.915. The minimum atomic E-state index is 0.165. The van der Waals surface area contributed by atoms with E-state index in [4.69, 9.17) is 4.74 Å². The number of morpholine rings is 1. The average Bonchev–Trinajstić information content (AvgIpc) is 2.87. The predicted molar refractivity (Wildman–Crippen MR) is 82.1 cm³/mol. The van der Waals surface area contributed by atoms with Crippen LogP contribution in [0.15, 0.2) is 30.3 Å². The smallest absolute Gasteiger partial charge is 0.220 e. The van der Waals surface area contributed by atoms with Crippen LogP contribution in [0.25, 0.3) is 0 Å². The fraction of sp³-hybridized carbons (Fsp3) is 0.588. The highest BCUT2D eigenvalue weighted by Gasteiger charge is 2.36. The van der Waals surface area contributed by atoms with Gasteiger partial charge in [-0.2, -0.15) is 0 Å². The maximum atomic E-state index is 12.1. The molecule has 0 spiro atoms. The number of amides is 1. The zero-order chi connectivity index (χ0) is 14.7. The summed E-state index contributed by atoms with van der Waals surface area (Å²) in [7, 11) is 0. The van der Waals surface area contributed by atoms with Gasteiger partial charge in [0.2, 0.25) is 5.91 Å². The van der Waals surface area contributed by atoms with Crippen molar-refractivity contribution in [1.82, 2.24) is 10.2 Å². The van der Waals surface area contributed by atoms with Gasteiger partial charge in [-0.1, -0.05) is 30.3 Å². The van der Waals surface area contributed by atoms with E-state index in [1.54, 1.807) is 0 Å². The fourth-order valence-electron chi connectivity index (χ4n) is 3.35. The number of rotatable bonds is 4. The van der Waals surface area contributed by atoms with Crippen LogP contribution in [0.2, 0.25) is 0 Å². The van der Waals surface area contributed by atoms with Crippen LogP contribution in [-0.4, -0.2) is 48.7 Å². The second-order valence-corrected chi connectivity index (χ2v) is 6.24. The van der Waals surface area contributed by atoms with E-state index in [0.717, 1.165) is 32.5 Å². The van der Waals surface area contributed by atoms with Gasteiger partial charge in [0.25, 0.3) is 0 Å². The van der Waals surface area contributed by atoms with Gasteiger partial charge in [0, 0.05) is 31.6 Å². The van der Waals surface area contributed by atoms with Crippen LogP contribution < -0.4 is 5.32 Å². The molecular weight excluding hydrogens is 264 g/mol. The monoisotopic (exact) mass is 288 g/mol. The number of ether oxygens (including phenoxy) is 1. The number of hydrogen-bond acceptors (Lipinski definition) is 3. The standard InChI is InChI=1S/C17H24N2O2/c1-13-10-19-11-15(9-16(19)12-21-13)18-17(20)8-7-14-5-3-2-4-6-14/h2-6,13,15-16H,7-12H2,1H3,(H,18,20)/t13-,15-,16-/m0/s1. The Labute approximate surface area is 126 Å². The van der Waals surface area contributed by atoms with Crippen molar-refractivity contribution in [3.63, 3.8) is 0 Å². The summed E-state index contributed by atoms with van der Waals surface area (Å²) in [5, 5.41) is 3.18. The van der Waals surface area contributed by atoms with Crippen molar-refractivity contribution in [3.8, 4) is 0 Å². The Morgan fingerprint density at radius 1 is 1.33 bits per heavy atom. The largest absolute Gasteiger partial charge is 0.376 e. The number of benzene rings is 1. The van der Waals surface area contributed by atoms with Gasteiger partial charge in [-0.3, -0.25) is 9.69 Å². The second-order valence-electron chi connectivity index (χ2n) is 6.24. The molecule has 0 aromatic heterocycles. The summed E-state index contributed by atoms with van der Waals surface area (Å²) in [6.07, 6.45) is 2.71. The molecule has 0 unspecified atom stereocenters. The summed E-state index contributed by atoms with van der Waals surface area (Å²) in [4.78, 5) is 14.5. The number of carbonyl (C=O) groups is 1. The summed E-state index contributed by atoms with van der Waals surface area (Å²) in [5.74, 6) is 0.165. The Morgan fingerprint density at radius 2 is 2.14 bits per heavy atom. The van der Waals surface area contributed by atoms with E-state index in [-0.39, 0.29) is 11.9 Å². The van der Waals surface area contributed by atoms with Crippen LogP contribution in [0.3, 0.4) is 0 Å². The number of nitrogens with zero attached hydrogens (tertiary/aromatic N) is 1. The molecule has 114 valence electrons. The first-order valence-corrected chi connectivity index (χ1v) is 7.89. The van der Waals surface area contributed by atoms with Crippen LogP contribution >= 0.6 is 0 Å². The number of aryl methyl sites for hydroxylation is 1. The van der Waals surface area contributed by atoms with Crippen molar-refractivity contribution in [3.05, 3.63) is 35.9 Å². The molecule has 2 fully saturated rings. The Morgan fingerprint density at radius 3 is 2.95 bits per heavy atom. The molecular formula is C17H24N2O2. The van der Waals surface area contributed by atoms with E-state index in [1.165, 1.54) is 5.56 Å². The summed E-state index contributed by atoms with van der Waals surface area (Å²) >= 11 is 0. The molecule has 0 aliphatic carbocycles. The van der Waals surface area contributed by atoms with E-state index >= 15 is 0 Å². The van der Waals surface area contributed by atoms with Crippen molar-refractivity contribution < 1.29 is 9.53 Å². The van der Waals surface area contributed by atoms with Crippen molar-refractivity contribution in [2.45, 2.75) is 44.4 Å². The first-order valence-electron chi connectivity index (χ1n) is 7.89. The summed E-state index contributed by atoms with van der Waals surface area (Å²) in [6, 6.07) is 10.9. The Kier molecular flexibility index (Phi) is 4.56. The molecule has 1 N–H and O–H groups in total. The number of hydrogen-bond donors (Lipinski definition) is 1. The Hall–Kier alpha value is -1.39. The van der Waals surface area contributed by atoms with Crippen LogP contribution in [0, 0.1) is 0 Å². The molecule has 1 aromatic rings. The minimum absolute atomic E-state index is 0.165. The molecule has 21 heavy (non-hydrogen) atoms. The van der Waals surface area contributed by atoms with Gasteiger partial charge in [-0.15, -0.1) is 0 Å². The molecule has 2 aliphatic rings. The third-order valence-corrected chi connectivity index (χ3v) is 4.44. The molecule has 2 aliphatic heterocycles. The lowest BCUT2D eigenvalue weighted by Crippen LogP contribution is -2.45. The number of nitrogens with one attached hydrogen (secondary N) is 1. The topological polar surface area (TPSA) is 41.6 Å². The highest BCUT2D eigenvalue weighted by Crippen LogP contribution is 2.23. The number of carbonyl (C=O) groups excluding carboxylic acids is 1. The van der Waals surface area contributed by atoms with E-state index < -0.39 is 0 Å². The zero-order valence-corrected chi connectivity index (χ0v) is 12.6. The normalized spacial score (nSPS) is 29.1. The Balaban J connectivity index is 1.43. The highest BCUT2D eigenvalue weighted by molar-refractivity contribution is 5.76. The average molecular weight is 288 g/mol. The SMILES string of the molecule is C[C@H]1CN2C[C@@H](NC(=O)CCc3ccccc3)C[C@H]2CO1. The lowest BCUT2D eigenvalue weighted by molar-refractivity contribution is -0.121. The van der Waals surface area contributed by atoms with Gasteiger partial charge in [0.05, 0.1) is 12.7 Å². The fourth-order valence-corrected chi connectivity index (χ4v) is 3.35. The molecule has 0 saturated carbocycles. The van der Waals surface area contributed by atoms with Crippen molar-refractivity contribution in [2.75, 3.05) is 19.7 Å². The Bertz CT molecular complexity index is 477. The summed E-state index contributed by atoms with van der Waals surface area (Å²) in [6.45, 7) is 4.87. The maximum absolute atomic E-state index is 12.1. The van der Waals surface area contributed by atoms with Gasteiger partial charge < -0.3 is 10.1 Å². The van der Waals surface area contributed by atoms with Crippen LogP contribution in [0.4, 0.5) is 0 Å². The number of fused-ring (bicyclic) bond motifs is 1. The molecule has 1 amide bonds. The molecule has 4 nitrogen and oxygen atoms in total. The molecule has 3 atom stereocenters. The van der Waals surface area contributed by atoms with E-state index in [9.17, 15) is 4.79 Å². The van der Waals surface area contributed by atoms with E-state index in [2.05, 4.69) is 29.3 Å². The second kappa shape index (κ2) is 6.58. The zero-order valence-electron chi connectivity index (χ0n) is 12.6. The van der Waals surface area contributed by atoms with Gasteiger partial charge in [0.1, 0.15) is 0 Å². The van der Waals surface area contributed by atoms with Gasteiger partial charge in [-0.05, 0) is 25.3 Å². The maximum Gasteiger partial charge on any atom is 0.220 e. The van der Waals surface area contributed by atoms with Gasteiger partial charge >= 0.3 is 0 Å². The van der Waals surface area contributed by atoms with Crippen LogP contribution in [0.5, 0.6) is 0 Å². The lowest BCUT2D eigenvalue weighted by atomic mass is 10.1. The lowest BCUT2D eigenvalue weighted by Gasteiger charge is -2.33. The summed E-state index contributed by atoms with van der Waals surface area (Å²) < 4.78 is 5.70. The van der Waals surface area contributed by atoms with Crippen molar-refractivity contribution in [1.29, 1.82) is 0 Å². The minimum Gasteiger partial charge on any atom is -0.376 e. The van der Waals surface area contributed by atoms with Gasteiger partial charge in [0.15, 0.2) is 0 Å². The molecule has 0 bridgehead atoms. The molecule has 2 heterocycles. The van der Waals surface area contributed by atoms with Crippen molar-refractivity contribution in [2.24, 2.45) is 0 Å². The third-order valence-electron chi connectivity index (χ3n) is 4.44. The van der Waals surface area contributed by atoms with Crippen LogP contribution in [0.1, 0.15) is 25.3 Å². The first kappa shape index (κ1) is 14.5. The molecule has 3 rings (SSSR count). The molecule has 0 radical (unpaired) electrons. The summed E-state index contributed by atoms with van der Waals surface area (Å²) in [5.41, 5.74) is 1.22. The molecule has 4 heteroatoms.